The molecule has 6 nitrogen and oxygen atoms in total. The summed E-state index contributed by atoms with van der Waals surface area (Å²) >= 11 is 0.985. The molecule has 1 aliphatic rings. The fraction of sp³-hybridized carbons (Fsp3) is 1.00. The van der Waals surface area contributed by atoms with Gasteiger partial charge in [0.05, 0.1) is 6.61 Å². The van der Waals surface area contributed by atoms with Crippen molar-refractivity contribution >= 4 is 11.8 Å². The van der Waals surface area contributed by atoms with Crippen LogP contribution in [-0.2, 0) is 4.74 Å². The third-order valence-electron chi connectivity index (χ3n) is 3.80. The first-order chi connectivity index (χ1) is 9.97. The molecular formula is C14H28O6S. The van der Waals surface area contributed by atoms with Crippen LogP contribution in [-0.4, -0.2) is 67.4 Å². The minimum Gasteiger partial charge on any atom is -0.394 e. The molecule has 1 aliphatic heterocycles. The lowest BCUT2D eigenvalue weighted by molar-refractivity contribution is -0.299. The van der Waals surface area contributed by atoms with E-state index in [0.29, 0.717) is 5.75 Å². The van der Waals surface area contributed by atoms with Gasteiger partial charge in [0.2, 0.25) is 0 Å². The maximum atomic E-state index is 10.3. The lowest BCUT2D eigenvalue weighted by Crippen LogP contribution is -2.65. The Hall–Kier alpha value is 0.110. The molecule has 0 radical (unpaired) electrons. The van der Waals surface area contributed by atoms with Crippen LogP contribution >= 0.6 is 11.8 Å². The van der Waals surface area contributed by atoms with E-state index < -0.39 is 36.1 Å². The van der Waals surface area contributed by atoms with Crippen molar-refractivity contribution in [3.8, 4) is 0 Å². The molecule has 1 rings (SSSR count). The van der Waals surface area contributed by atoms with Gasteiger partial charge in [-0.2, -0.15) is 0 Å². The van der Waals surface area contributed by atoms with E-state index in [1.807, 2.05) is 0 Å². The third kappa shape index (κ3) is 5.06. The van der Waals surface area contributed by atoms with Crippen LogP contribution in [0.2, 0.25) is 0 Å². The second kappa shape index (κ2) is 9.29. The Kier molecular flexibility index (Phi) is 8.48. The molecule has 7 heteroatoms. The minimum atomic E-state index is -1.96. The summed E-state index contributed by atoms with van der Waals surface area (Å²) in [7, 11) is 0. The lowest BCUT2D eigenvalue weighted by Gasteiger charge is -2.45. The van der Waals surface area contributed by atoms with E-state index in [-0.39, 0.29) is 0 Å². The zero-order chi connectivity index (χ0) is 15.9. The Bertz CT molecular complexity index is 293. The van der Waals surface area contributed by atoms with E-state index in [1.165, 1.54) is 19.3 Å². The molecule has 1 unspecified atom stereocenters. The molecule has 5 atom stereocenters. The molecule has 0 aromatic rings. The van der Waals surface area contributed by atoms with Gasteiger partial charge in [-0.05, 0) is 12.2 Å². The van der Waals surface area contributed by atoms with Crippen LogP contribution in [0.25, 0.3) is 0 Å². The summed E-state index contributed by atoms with van der Waals surface area (Å²) in [6, 6.07) is 0. The largest absolute Gasteiger partial charge is 0.394 e. The van der Waals surface area contributed by atoms with Crippen molar-refractivity contribution < 1.29 is 30.3 Å². The normalized spacial score (nSPS) is 36.9. The first kappa shape index (κ1) is 19.2. The smallest absolute Gasteiger partial charge is 0.196 e. The molecule has 1 fully saturated rings. The van der Waals surface area contributed by atoms with Crippen molar-refractivity contribution in [1.29, 1.82) is 0 Å². The predicted molar refractivity (Wildman–Crippen MR) is 80.8 cm³/mol. The highest BCUT2D eigenvalue weighted by molar-refractivity contribution is 8.00. The number of hydrogen-bond acceptors (Lipinski definition) is 7. The second-order valence-corrected chi connectivity index (χ2v) is 6.86. The first-order valence-electron chi connectivity index (χ1n) is 7.64. The molecule has 0 bridgehead atoms. The van der Waals surface area contributed by atoms with Gasteiger partial charge in [-0.25, -0.2) is 0 Å². The summed E-state index contributed by atoms with van der Waals surface area (Å²) in [4.78, 5) is -1.96. The van der Waals surface area contributed by atoms with Crippen LogP contribution in [0, 0.1) is 0 Å². The van der Waals surface area contributed by atoms with Crippen molar-refractivity contribution in [3.63, 3.8) is 0 Å². The maximum absolute atomic E-state index is 10.3. The Balaban J connectivity index is 2.37. The SMILES string of the molecule is CCCCCCCCS[C@@]1(O)C(O)O[C@H](CO)[C@@H](O)[C@@H]1O. The van der Waals surface area contributed by atoms with E-state index in [4.69, 9.17) is 9.84 Å². The van der Waals surface area contributed by atoms with Gasteiger partial charge in [-0.15, -0.1) is 11.8 Å². The number of aliphatic hydroxyl groups excluding tert-OH is 4. The van der Waals surface area contributed by atoms with Crippen molar-refractivity contribution in [1.82, 2.24) is 0 Å². The van der Waals surface area contributed by atoms with Crippen LogP contribution < -0.4 is 0 Å². The topological polar surface area (TPSA) is 110 Å². The monoisotopic (exact) mass is 324 g/mol. The fourth-order valence-corrected chi connectivity index (χ4v) is 3.55. The van der Waals surface area contributed by atoms with Gasteiger partial charge in [0.1, 0.15) is 18.3 Å². The fourth-order valence-electron chi connectivity index (χ4n) is 2.36. The van der Waals surface area contributed by atoms with E-state index in [9.17, 15) is 20.4 Å². The van der Waals surface area contributed by atoms with Gasteiger partial charge < -0.3 is 30.3 Å². The lowest BCUT2D eigenvalue weighted by atomic mass is 9.99. The molecule has 0 saturated carbocycles. The number of hydrogen-bond donors (Lipinski definition) is 5. The van der Waals surface area contributed by atoms with Crippen LogP contribution in [0.3, 0.4) is 0 Å². The minimum absolute atomic E-state index is 0.534. The zero-order valence-electron chi connectivity index (χ0n) is 12.5. The highest BCUT2D eigenvalue weighted by Crippen LogP contribution is 2.38. The van der Waals surface area contributed by atoms with E-state index >= 15 is 0 Å². The van der Waals surface area contributed by atoms with Crippen LogP contribution in [0.5, 0.6) is 0 Å². The van der Waals surface area contributed by atoms with Crippen molar-refractivity contribution in [2.75, 3.05) is 12.4 Å². The Morgan fingerprint density at radius 2 is 1.67 bits per heavy atom. The van der Waals surface area contributed by atoms with Crippen molar-refractivity contribution in [3.05, 3.63) is 0 Å². The molecule has 0 aromatic carbocycles. The maximum Gasteiger partial charge on any atom is 0.196 e. The summed E-state index contributed by atoms with van der Waals surface area (Å²) in [5.74, 6) is 0.552. The number of aliphatic hydroxyl groups is 5. The molecule has 0 aromatic heterocycles. The molecule has 0 aliphatic carbocycles. The van der Waals surface area contributed by atoms with Gasteiger partial charge in [0.15, 0.2) is 11.2 Å². The zero-order valence-corrected chi connectivity index (χ0v) is 13.3. The summed E-state index contributed by atoms with van der Waals surface area (Å²) in [6.07, 6.45) is 0.881. The summed E-state index contributed by atoms with van der Waals surface area (Å²) in [5, 5.41) is 48.9. The van der Waals surface area contributed by atoms with Crippen LogP contribution in [0.15, 0.2) is 0 Å². The number of rotatable bonds is 9. The van der Waals surface area contributed by atoms with E-state index in [2.05, 4.69) is 6.92 Å². The number of thioether (sulfide) groups is 1. The van der Waals surface area contributed by atoms with E-state index in [1.54, 1.807) is 0 Å². The number of ether oxygens (including phenoxy) is 1. The quantitative estimate of drug-likeness (QED) is 0.304. The van der Waals surface area contributed by atoms with Crippen LogP contribution in [0.4, 0.5) is 0 Å². The Labute approximate surface area is 130 Å². The summed E-state index contributed by atoms with van der Waals surface area (Å²) < 4.78 is 4.97. The Morgan fingerprint density at radius 3 is 2.29 bits per heavy atom. The second-order valence-electron chi connectivity index (χ2n) is 5.51. The van der Waals surface area contributed by atoms with Crippen molar-refractivity contribution in [2.24, 2.45) is 0 Å². The van der Waals surface area contributed by atoms with Gasteiger partial charge in [-0.1, -0.05) is 39.0 Å². The molecule has 126 valence electrons. The molecule has 21 heavy (non-hydrogen) atoms. The standard InChI is InChI=1S/C14H28O6S/c1-2-3-4-5-6-7-8-21-14(19)12(17)11(16)10(9-15)20-13(14)18/h10-13,15-19H,2-9H2,1H3/t10-,11-,12+,13?,14-/m1/s1. The molecule has 1 heterocycles. The highest BCUT2D eigenvalue weighted by Gasteiger charge is 2.54. The van der Waals surface area contributed by atoms with Gasteiger partial charge in [0.25, 0.3) is 0 Å². The summed E-state index contributed by atoms with van der Waals surface area (Å²) in [5.41, 5.74) is 0. The summed E-state index contributed by atoms with van der Waals surface area (Å²) in [6.45, 7) is 1.62. The van der Waals surface area contributed by atoms with Gasteiger partial charge in [0, 0.05) is 0 Å². The van der Waals surface area contributed by atoms with Crippen LogP contribution in [0.1, 0.15) is 45.4 Å². The van der Waals surface area contributed by atoms with Gasteiger partial charge >= 0.3 is 0 Å². The molecule has 0 spiro atoms. The number of unbranched alkanes of at least 4 members (excludes halogenated alkanes) is 5. The predicted octanol–water partition coefficient (Wildman–Crippen LogP) is 0.200. The molecule has 1 saturated heterocycles. The molecular weight excluding hydrogens is 296 g/mol. The highest BCUT2D eigenvalue weighted by atomic mass is 32.2. The average Bonchev–Trinajstić information content (AvgIpc) is 2.48. The van der Waals surface area contributed by atoms with Crippen molar-refractivity contribution in [2.45, 2.75) is 75.0 Å². The van der Waals surface area contributed by atoms with Gasteiger partial charge in [-0.3, -0.25) is 0 Å². The third-order valence-corrected chi connectivity index (χ3v) is 5.20. The molecule has 5 N–H and O–H groups in total. The first-order valence-corrected chi connectivity index (χ1v) is 8.62. The Morgan fingerprint density at radius 1 is 1.05 bits per heavy atom. The molecule has 0 amide bonds. The van der Waals surface area contributed by atoms with E-state index in [0.717, 1.165) is 31.0 Å². The average molecular weight is 324 g/mol.